The number of carbonyl (C=O) groups is 1. The van der Waals surface area contributed by atoms with E-state index in [0.29, 0.717) is 20.7 Å². The zero-order chi connectivity index (χ0) is 19.8. The van der Waals surface area contributed by atoms with E-state index in [-0.39, 0.29) is 17.2 Å². The highest BCUT2D eigenvalue weighted by molar-refractivity contribution is 7.07. The second-order valence-corrected chi connectivity index (χ2v) is 8.34. The molecule has 0 saturated heterocycles. The Kier molecular flexibility index (Phi) is 5.02. The van der Waals surface area contributed by atoms with Crippen molar-refractivity contribution in [3.05, 3.63) is 67.5 Å². The lowest BCUT2D eigenvalue weighted by molar-refractivity contribution is -0.120. The number of aromatic nitrogens is 1. The molecule has 0 spiro atoms. The van der Waals surface area contributed by atoms with Crippen LogP contribution in [0.3, 0.4) is 0 Å². The number of nitrogens with zero attached hydrogens (tertiary/aromatic N) is 1. The van der Waals surface area contributed by atoms with Gasteiger partial charge in [-0.25, -0.2) is 4.39 Å². The van der Waals surface area contributed by atoms with Gasteiger partial charge in [0.15, 0.2) is 5.78 Å². The molecule has 0 radical (unpaired) electrons. The Morgan fingerprint density at radius 1 is 1.15 bits per heavy atom. The van der Waals surface area contributed by atoms with Crippen molar-refractivity contribution in [3.8, 4) is 11.3 Å². The van der Waals surface area contributed by atoms with Gasteiger partial charge in [0.2, 0.25) is 0 Å². The summed E-state index contributed by atoms with van der Waals surface area (Å²) in [5, 5.41) is 0. The van der Waals surface area contributed by atoms with Crippen LogP contribution in [0.2, 0.25) is 0 Å². The predicted octanol–water partition coefficient (Wildman–Crippen LogP) is 3.07. The fourth-order valence-corrected chi connectivity index (χ4v) is 3.38. The van der Waals surface area contributed by atoms with Crippen molar-refractivity contribution in [2.45, 2.75) is 20.8 Å². The number of furan rings is 1. The monoisotopic (exact) mass is 385 g/mol. The topological polar surface area (TPSA) is 52.2 Å². The lowest BCUT2D eigenvalue weighted by atomic mass is 9.91. The largest absolute Gasteiger partial charge is 0.457 e. The standard InChI is InChI=1S/C21H20FNO3S/c1-21(2,3)18(24)12-19-23(4)20(25)17(27-19)11-15-9-10-16(26-15)13-5-7-14(22)8-6-13/h5-12H,1-4H3/b17-11+,19-12-. The summed E-state index contributed by atoms with van der Waals surface area (Å²) in [6, 6.07) is 9.52. The molecule has 3 aromatic rings. The molecule has 4 nitrogen and oxygen atoms in total. The van der Waals surface area contributed by atoms with Gasteiger partial charge in [0.05, 0.1) is 4.53 Å². The van der Waals surface area contributed by atoms with Crippen molar-refractivity contribution < 1.29 is 13.6 Å². The molecule has 0 amide bonds. The molecular formula is C21H20FNO3S. The van der Waals surface area contributed by atoms with Crippen LogP contribution < -0.4 is 14.8 Å². The van der Waals surface area contributed by atoms with E-state index >= 15 is 0 Å². The summed E-state index contributed by atoms with van der Waals surface area (Å²) in [6.07, 6.45) is 3.16. The average Bonchev–Trinajstić information content (AvgIpc) is 3.16. The average molecular weight is 385 g/mol. The maximum atomic E-state index is 13.0. The third-order valence-corrected chi connectivity index (χ3v) is 5.20. The van der Waals surface area contributed by atoms with Gasteiger partial charge in [-0.3, -0.25) is 9.59 Å². The smallest absolute Gasteiger partial charge is 0.268 e. The Labute approximate surface area is 159 Å². The quantitative estimate of drug-likeness (QED) is 0.696. The Morgan fingerprint density at radius 2 is 1.81 bits per heavy atom. The second kappa shape index (κ2) is 7.12. The van der Waals surface area contributed by atoms with E-state index in [4.69, 9.17) is 4.42 Å². The van der Waals surface area contributed by atoms with Crippen molar-refractivity contribution in [2.75, 3.05) is 0 Å². The lowest BCUT2D eigenvalue weighted by Crippen LogP contribution is -2.29. The van der Waals surface area contributed by atoms with Crippen LogP contribution in [0.15, 0.2) is 45.6 Å². The molecule has 0 unspecified atom stereocenters. The number of benzene rings is 1. The van der Waals surface area contributed by atoms with Crippen LogP contribution >= 0.6 is 11.3 Å². The highest BCUT2D eigenvalue weighted by Crippen LogP contribution is 2.22. The van der Waals surface area contributed by atoms with Crippen LogP contribution in [0.1, 0.15) is 26.5 Å². The van der Waals surface area contributed by atoms with E-state index in [0.717, 1.165) is 5.56 Å². The lowest BCUT2D eigenvalue weighted by Gasteiger charge is -2.12. The van der Waals surface area contributed by atoms with Gasteiger partial charge in [0, 0.05) is 30.2 Å². The van der Waals surface area contributed by atoms with E-state index < -0.39 is 5.41 Å². The summed E-state index contributed by atoms with van der Waals surface area (Å²) >= 11 is 1.24. The molecule has 2 aromatic heterocycles. The van der Waals surface area contributed by atoms with Gasteiger partial charge >= 0.3 is 0 Å². The maximum absolute atomic E-state index is 13.0. The van der Waals surface area contributed by atoms with Gasteiger partial charge in [-0.05, 0) is 36.4 Å². The van der Waals surface area contributed by atoms with E-state index in [1.807, 2.05) is 20.8 Å². The first-order valence-electron chi connectivity index (χ1n) is 8.44. The number of ketones is 1. The Bertz CT molecular complexity index is 1160. The van der Waals surface area contributed by atoms with Crippen LogP contribution in [-0.4, -0.2) is 10.4 Å². The molecular weight excluding hydrogens is 365 g/mol. The Hall–Kier alpha value is -2.73. The fraction of sp³-hybridized carbons (Fsp3) is 0.238. The molecule has 27 heavy (non-hydrogen) atoms. The molecule has 0 aliphatic heterocycles. The van der Waals surface area contributed by atoms with Crippen molar-refractivity contribution in [1.82, 2.24) is 4.57 Å². The molecule has 2 heterocycles. The molecule has 0 atom stereocenters. The minimum atomic E-state index is -0.505. The highest BCUT2D eigenvalue weighted by atomic mass is 32.1. The van der Waals surface area contributed by atoms with E-state index in [1.165, 1.54) is 34.1 Å². The SMILES string of the molecule is Cn1c(=O)/c(=C\c2ccc(-c3ccc(F)cc3)o2)s/c1=C\C(=O)C(C)(C)C. The van der Waals surface area contributed by atoms with Crippen LogP contribution in [-0.2, 0) is 11.8 Å². The third-order valence-electron chi connectivity index (χ3n) is 4.08. The first kappa shape index (κ1) is 19.0. The predicted molar refractivity (Wildman–Crippen MR) is 105 cm³/mol. The molecule has 3 rings (SSSR count). The van der Waals surface area contributed by atoms with Gasteiger partial charge < -0.3 is 8.98 Å². The number of hydrogen-bond donors (Lipinski definition) is 0. The molecule has 6 heteroatoms. The summed E-state index contributed by atoms with van der Waals surface area (Å²) in [7, 11) is 1.64. The van der Waals surface area contributed by atoms with Crippen molar-refractivity contribution in [2.24, 2.45) is 12.5 Å². The number of hydrogen-bond acceptors (Lipinski definition) is 4. The van der Waals surface area contributed by atoms with Crippen molar-refractivity contribution >= 4 is 29.3 Å². The first-order chi connectivity index (χ1) is 12.6. The van der Waals surface area contributed by atoms with Gasteiger partial charge in [-0.2, -0.15) is 0 Å². The first-order valence-corrected chi connectivity index (χ1v) is 9.26. The fourth-order valence-electron chi connectivity index (χ4n) is 2.37. The molecule has 0 bridgehead atoms. The van der Waals surface area contributed by atoms with Crippen LogP contribution in [0, 0.1) is 11.2 Å². The molecule has 0 fully saturated rings. The van der Waals surface area contributed by atoms with Crippen molar-refractivity contribution in [1.29, 1.82) is 0 Å². The zero-order valence-electron chi connectivity index (χ0n) is 15.6. The van der Waals surface area contributed by atoms with Crippen LogP contribution in [0.25, 0.3) is 23.5 Å². The van der Waals surface area contributed by atoms with E-state index in [1.54, 1.807) is 37.4 Å². The highest BCUT2D eigenvalue weighted by Gasteiger charge is 2.19. The van der Waals surface area contributed by atoms with Crippen LogP contribution in [0.4, 0.5) is 4.39 Å². The van der Waals surface area contributed by atoms with E-state index in [9.17, 15) is 14.0 Å². The molecule has 0 N–H and O–H groups in total. The number of Topliss-reactive ketones (excluding diaryl/α,β-unsaturated/α-hetero) is 1. The summed E-state index contributed by atoms with van der Waals surface area (Å²) in [4.78, 5) is 24.7. The summed E-state index contributed by atoms with van der Waals surface area (Å²) in [5.41, 5.74) is 0.0576. The second-order valence-electron chi connectivity index (χ2n) is 7.28. The van der Waals surface area contributed by atoms with Crippen molar-refractivity contribution in [3.63, 3.8) is 0 Å². The van der Waals surface area contributed by atoms with Gasteiger partial charge in [0.1, 0.15) is 22.0 Å². The maximum Gasteiger partial charge on any atom is 0.268 e. The molecule has 0 saturated carbocycles. The molecule has 140 valence electrons. The minimum absolute atomic E-state index is 0.0394. The van der Waals surface area contributed by atoms with Gasteiger partial charge in [-0.15, -0.1) is 11.3 Å². The minimum Gasteiger partial charge on any atom is -0.457 e. The van der Waals surface area contributed by atoms with Gasteiger partial charge in [0.25, 0.3) is 5.56 Å². The van der Waals surface area contributed by atoms with E-state index in [2.05, 4.69) is 0 Å². The molecule has 1 aromatic carbocycles. The summed E-state index contributed by atoms with van der Waals surface area (Å²) in [5.74, 6) is 0.751. The number of halogens is 1. The number of carbonyl (C=O) groups excluding carboxylic acids is 1. The molecule has 0 aliphatic rings. The van der Waals surface area contributed by atoms with Crippen LogP contribution in [0.5, 0.6) is 0 Å². The van der Waals surface area contributed by atoms with Gasteiger partial charge in [-0.1, -0.05) is 20.8 Å². The number of thiazole rings is 1. The number of rotatable bonds is 3. The zero-order valence-corrected chi connectivity index (χ0v) is 16.4. The normalized spacial score (nSPS) is 13.4. The summed E-state index contributed by atoms with van der Waals surface area (Å²) in [6.45, 7) is 5.51. The Balaban J connectivity index is 2.01. The molecule has 0 aliphatic carbocycles. The summed E-state index contributed by atoms with van der Waals surface area (Å²) < 4.78 is 21.3. The Morgan fingerprint density at radius 3 is 2.44 bits per heavy atom. The third kappa shape index (κ3) is 4.17.